The minimum atomic E-state index is -0.217. The van der Waals surface area contributed by atoms with Crippen molar-refractivity contribution in [2.24, 2.45) is 0 Å². The van der Waals surface area contributed by atoms with Crippen molar-refractivity contribution in [2.45, 2.75) is 0 Å². The summed E-state index contributed by atoms with van der Waals surface area (Å²) in [6.45, 7) is 0. The molecule has 0 aliphatic rings. The Balaban J connectivity index is 1.77. The highest BCUT2D eigenvalue weighted by molar-refractivity contribution is 7.80. The predicted molar refractivity (Wildman–Crippen MR) is 94.1 cm³/mol. The van der Waals surface area contributed by atoms with E-state index in [0.29, 0.717) is 5.56 Å². The van der Waals surface area contributed by atoms with Crippen LogP contribution in [0, 0.1) is 0 Å². The van der Waals surface area contributed by atoms with Crippen LogP contribution in [0.3, 0.4) is 0 Å². The first-order chi connectivity index (χ1) is 10.7. The SMILES string of the molecule is O=C(NC(=S)Nc1ccccc1)c1cccc2ccccc12. The molecule has 0 spiro atoms. The van der Waals surface area contributed by atoms with Crippen molar-refractivity contribution < 1.29 is 4.79 Å². The summed E-state index contributed by atoms with van der Waals surface area (Å²) < 4.78 is 0. The summed E-state index contributed by atoms with van der Waals surface area (Å²) >= 11 is 5.19. The van der Waals surface area contributed by atoms with Crippen molar-refractivity contribution in [3.63, 3.8) is 0 Å². The van der Waals surface area contributed by atoms with Crippen LogP contribution in [-0.2, 0) is 0 Å². The fourth-order valence-electron chi connectivity index (χ4n) is 2.28. The third-order valence-electron chi connectivity index (χ3n) is 3.29. The molecule has 0 atom stereocenters. The molecule has 0 unspecified atom stereocenters. The fraction of sp³-hybridized carbons (Fsp3) is 0. The molecule has 3 rings (SSSR count). The van der Waals surface area contributed by atoms with Gasteiger partial charge >= 0.3 is 0 Å². The maximum absolute atomic E-state index is 12.4. The maximum Gasteiger partial charge on any atom is 0.258 e. The van der Waals surface area contributed by atoms with E-state index in [1.807, 2.05) is 66.7 Å². The number of thiocarbonyl (C=S) groups is 1. The molecule has 108 valence electrons. The molecule has 2 N–H and O–H groups in total. The molecule has 0 aliphatic carbocycles. The third kappa shape index (κ3) is 3.13. The minimum Gasteiger partial charge on any atom is -0.332 e. The number of benzene rings is 3. The average Bonchev–Trinajstić information content (AvgIpc) is 2.55. The smallest absolute Gasteiger partial charge is 0.258 e. The van der Waals surface area contributed by atoms with Gasteiger partial charge in [-0.05, 0) is 41.2 Å². The van der Waals surface area contributed by atoms with Gasteiger partial charge in [-0.3, -0.25) is 10.1 Å². The Labute approximate surface area is 134 Å². The highest BCUT2D eigenvalue weighted by Crippen LogP contribution is 2.18. The van der Waals surface area contributed by atoms with Crippen molar-refractivity contribution >= 4 is 39.7 Å². The third-order valence-corrected chi connectivity index (χ3v) is 3.50. The molecule has 4 heteroatoms. The van der Waals surface area contributed by atoms with E-state index in [4.69, 9.17) is 12.2 Å². The van der Waals surface area contributed by atoms with E-state index >= 15 is 0 Å². The molecule has 3 aromatic carbocycles. The lowest BCUT2D eigenvalue weighted by molar-refractivity contribution is 0.0979. The van der Waals surface area contributed by atoms with E-state index in [2.05, 4.69) is 10.6 Å². The zero-order valence-corrected chi connectivity index (χ0v) is 12.6. The average molecular weight is 306 g/mol. The van der Waals surface area contributed by atoms with E-state index < -0.39 is 0 Å². The molecule has 3 aromatic rings. The van der Waals surface area contributed by atoms with E-state index in [9.17, 15) is 4.79 Å². The monoisotopic (exact) mass is 306 g/mol. The minimum absolute atomic E-state index is 0.217. The number of nitrogens with one attached hydrogen (secondary N) is 2. The van der Waals surface area contributed by atoms with Gasteiger partial charge < -0.3 is 5.32 Å². The molecule has 0 saturated heterocycles. The van der Waals surface area contributed by atoms with E-state index in [1.54, 1.807) is 6.07 Å². The fourth-order valence-corrected chi connectivity index (χ4v) is 2.49. The number of fused-ring (bicyclic) bond motifs is 1. The number of para-hydroxylation sites is 1. The van der Waals surface area contributed by atoms with Gasteiger partial charge in [-0.25, -0.2) is 0 Å². The molecule has 0 radical (unpaired) electrons. The highest BCUT2D eigenvalue weighted by atomic mass is 32.1. The Bertz CT molecular complexity index is 825. The Morgan fingerprint density at radius 2 is 1.50 bits per heavy atom. The molecule has 0 fully saturated rings. The standard InChI is InChI=1S/C18H14N2OS/c21-17(20-18(22)19-14-9-2-1-3-10-14)16-12-6-8-13-7-4-5-11-15(13)16/h1-12H,(H2,19,20,21,22). The van der Waals surface area contributed by atoms with Gasteiger partial charge in [-0.1, -0.05) is 54.6 Å². The van der Waals surface area contributed by atoms with E-state index in [1.165, 1.54) is 0 Å². The van der Waals surface area contributed by atoms with Gasteiger partial charge in [0.25, 0.3) is 5.91 Å². The van der Waals surface area contributed by atoms with Gasteiger partial charge in [0.2, 0.25) is 0 Å². The Kier molecular flexibility index (Phi) is 4.12. The van der Waals surface area contributed by atoms with E-state index in [-0.39, 0.29) is 11.0 Å². The quantitative estimate of drug-likeness (QED) is 0.704. The summed E-state index contributed by atoms with van der Waals surface area (Å²) in [7, 11) is 0. The van der Waals surface area contributed by atoms with Crippen molar-refractivity contribution in [3.8, 4) is 0 Å². The molecule has 0 aromatic heterocycles. The largest absolute Gasteiger partial charge is 0.332 e. The van der Waals surface area contributed by atoms with Crippen LogP contribution in [-0.4, -0.2) is 11.0 Å². The molecule has 1 amide bonds. The van der Waals surface area contributed by atoms with Crippen molar-refractivity contribution in [1.82, 2.24) is 5.32 Å². The molecular weight excluding hydrogens is 292 g/mol. The first-order valence-corrected chi connectivity index (χ1v) is 7.30. The van der Waals surface area contributed by atoms with Crippen LogP contribution in [0.1, 0.15) is 10.4 Å². The topological polar surface area (TPSA) is 41.1 Å². The lowest BCUT2D eigenvalue weighted by Crippen LogP contribution is -2.34. The van der Waals surface area contributed by atoms with Crippen LogP contribution < -0.4 is 10.6 Å². The summed E-state index contributed by atoms with van der Waals surface area (Å²) in [5, 5.41) is 7.92. The van der Waals surface area contributed by atoms with Crippen molar-refractivity contribution in [2.75, 3.05) is 5.32 Å². The summed E-state index contributed by atoms with van der Waals surface area (Å²) in [6, 6.07) is 22.9. The Morgan fingerprint density at radius 3 is 2.32 bits per heavy atom. The Hall–Kier alpha value is -2.72. The molecular formula is C18H14N2OS. The van der Waals surface area contributed by atoms with Gasteiger partial charge in [0, 0.05) is 11.3 Å². The van der Waals surface area contributed by atoms with Crippen LogP contribution in [0.5, 0.6) is 0 Å². The number of rotatable bonds is 2. The number of carbonyl (C=O) groups is 1. The van der Waals surface area contributed by atoms with Crippen molar-refractivity contribution in [3.05, 3.63) is 78.4 Å². The zero-order chi connectivity index (χ0) is 15.4. The predicted octanol–water partition coefficient (Wildman–Crippen LogP) is 3.97. The van der Waals surface area contributed by atoms with E-state index in [0.717, 1.165) is 16.5 Å². The lowest BCUT2D eigenvalue weighted by Gasteiger charge is -2.10. The molecule has 0 saturated carbocycles. The van der Waals surface area contributed by atoms with Gasteiger partial charge in [0.05, 0.1) is 0 Å². The van der Waals surface area contributed by atoms with Crippen LogP contribution >= 0.6 is 12.2 Å². The summed E-state index contributed by atoms with van der Waals surface area (Å²) in [5.41, 5.74) is 1.45. The number of hydrogen-bond acceptors (Lipinski definition) is 2. The van der Waals surface area contributed by atoms with Gasteiger partial charge in [-0.15, -0.1) is 0 Å². The molecule has 3 nitrogen and oxygen atoms in total. The summed E-state index contributed by atoms with van der Waals surface area (Å²) in [5.74, 6) is -0.217. The number of anilines is 1. The van der Waals surface area contributed by atoms with Crippen LogP contribution in [0.15, 0.2) is 72.8 Å². The highest BCUT2D eigenvalue weighted by Gasteiger charge is 2.11. The molecule has 22 heavy (non-hydrogen) atoms. The van der Waals surface area contributed by atoms with Gasteiger partial charge in [-0.2, -0.15) is 0 Å². The summed E-state index contributed by atoms with van der Waals surface area (Å²) in [6.07, 6.45) is 0. The lowest BCUT2D eigenvalue weighted by atomic mass is 10.0. The van der Waals surface area contributed by atoms with Crippen molar-refractivity contribution in [1.29, 1.82) is 0 Å². The molecule has 0 bridgehead atoms. The first-order valence-electron chi connectivity index (χ1n) is 6.89. The zero-order valence-electron chi connectivity index (χ0n) is 11.7. The first kappa shape index (κ1) is 14.2. The van der Waals surface area contributed by atoms with Crippen LogP contribution in [0.2, 0.25) is 0 Å². The number of hydrogen-bond donors (Lipinski definition) is 2. The second-order valence-corrected chi connectivity index (χ2v) is 5.21. The number of amides is 1. The van der Waals surface area contributed by atoms with Crippen LogP contribution in [0.4, 0.5) is 5.69 Å². The number of carbonyl (C=O) groups excluding carboxylic acids is 1. The second kappa shape index (κ2) is 6.37. The van der Waals surface area contributed by atoms with Crippen LogP contribution in [0.25, 0.3) is 10.8 Å². The maximum atomic E-state index is 12.4. The van der Waals surface area contributed by atoms with Gasteiger partial charge in [0.15, 0.2) is 5.11 Å². The normalized spacial score (nSPS) is 10.2. The Morgan fingerprint density at radius 1 is 0.818 bits per heavy atom. The second-order valence-electron chi connectivity index (χ2n) is 4.80. The molecule has 0 heterocycles. The summed E-state index contributed by atoms with van der Waals surface area (Å²) in [4.78, 5) is 12.4. The molecule has 0 aliphatic heterocycles. The van der Waals surface area contributed by atoms with Gasteiger partial charge in [0.1, 0.15) is 0 Å².